The van der Waals surface area contributed by atoms with Gasteiger partial charge in [0.15, 0.2) is 17.3 Å². The number of ketones is 1. The molecule has 1 aromatic heterocycles. The Kier molecular flexibility index (Phi) is 4.65. The van der Waals surface area contributed by atoms with Crippen LogP contribution in [0.25, 0.3) is 11.4 Å². The summed E-state index contributed by atoms with van der Waals surface area (Å²) in [6, 6.07) is 7.60. The third-order valence-electron chi connectivity index (χ3n) is 3.40. The smallest absolute Gasteiger partial charge is 0.355 e. The van der Waals surface area contributed by atoms with Crippen molar-refractivity contribution in [2.75, 3.05) is 0 Å². The first-order chi connectivity index (χ1) is 10.4. The second-order valence-corrected chi connectivity index (χ2v) is 5.33. The van der Waals surface area contributed by atoms with Crippen LogP contribution in [0.5, 0.6) is 0 Å². The van der Waals surface area contributed by atoms with E-state index in [1.807, 2.05) is 24.3 Å². The molecule has 114 valence electrons. The Bertz CT molecular complexity index is 706. The Labute approximate surface area is 129 Å². The molecule has 0 spiro atoms. The van der Waals surface area contributed by atoms with Crippen LogP contribution in [0.1, 0.15) is 47.2 Å². The van der Waals surface area contributed by atoms with Crippen LogP contribution in [0, 0.1) is 5.92 Å². The van der Waals surface area contributed by atoms with Gasteiger partial charge >= 0.3 is 5.97 Å². The third kappa shape index (κ3) is 3.19. The van der Waals surface area contributed by atoms with Crippen molar-refractivity contribution in [1.82, 2.24) is 9.97 Å². The third-order valence-corrected chi connectivity index (χ3v) is 3.40. The van der Waals surface area contributed by atoms with Crippen LogP contribution in [-0.2, 0) is 6.42 Å². The van der Waals surface area contributed by atoms with Gasteiger partial charge in [-0.3, -0.25) is 4.79 Å². The molecule has 2 rings (SSSR count). The Hall–Kier alpha value is -2.56. The van der Waals surface area contributed by atoms with Gasteiger partial charge in [0, 0.05) is 17.7 Å². The normalized spacial score (nSPS) is 10.7. The zero-order valence-corrected chi connectivity index (χ0v) is 12.8. The van der Waals surface area contributed by atoms with Gasteiger partial charge in [0.1, 0.15) is 0 Å². The summed E-state index contributed by atoms with van der Waals surface area (Å²) < 4.78 is 0. The van der Waals surface area contributed by atoms with E-state index in [0.29, 0.717) is 5.82 Å². The van der Waals surface area contributed by atoms with Gasteiger partial charge in [-0.1, -0.05) is 45.0 Å². The summed E-state index contributed by atoms with van der Waals surface area (Å²) in [7, 11) is 0. The number of hydrogen-bond donors (Lipinski definition) is 1. The Morgan fingerprint density at radius 2 is 1.82 bits per heavy atom. The molecule has 5 heteroatoms. The van der Waals surface area contributed by atoms with E-state index in [-0.39, 0.29) is 23.0 Å². The second kappa shape index (κ2) is 6.47. The van der Waals surface area contributed by atoms with Crippen LogP contribution in [0.3, 0.4) is 0 Å². The summed E-state index contributed by atoms with van der Waals surface area (Å²) in [5, 5.41) is 9.31. The summed E-state index contributed by atoms with van der Waals surface area (Å²) in [6.07, 6.45) is 2.23. The number of benzene rings is 1. The van der Waals surface area contributed by atoms with Crippen LogP contribution < -0.4 is 0 Å². The van der Waals surface area contributed by atoms with Crippen molar-refractivity contribution in [3.8, 4) is 11.4 Å². The molecule has 0 radical (unpaired) electrons. The molecule has 2 aromatic rings. The van der Waals surface area contributed by atoms with Crippen LogP contribution >= 0.6 is 0 Å². The number of aryl methyl sites for hydroxylation is 1. The SMILES string of the molecule is CCc1ccc(-c2ncc(C(=O)C(C)C)c(C(=O)O)n2)cc1. The number of carbonyl (C=O) groups excluding carboxylic acids is 1. The summed E-state index contributed by atoms with van der Waals surface area (Å²) in [6.45, 7) is 5.48. The lowest BCUT2D eigenvalue weighted by Gasteiger charge is -2.09. The molecule has 0 aliphatic heterocycles. The molecule has 0 aliphatic carbocycles. The highest BCUT2D eigenvalue weighted by Gasteiger charge is 2.22. The minimum Gasteiger partial charge on any atom is -0.476 e. The standard InChI is InChI=1S/C17H18N2O3/c1-4-11-5-7-12(8-6-11)16-18-9-13(15(20)10(2)3)14(19-16)17(21)22/h5-10H,4H2,1-3H3,(H,21,22). The van der Waals surface area contributed by atoms with Gasteiger partial charge in [0.2, 0.25) is 0 Å². The lowest BCUT2D eigenvalue weighted by Crippen LogP contribution is -2.16. The molecular weight excluding hydrogens is 280 g/mol. The molecule has 1 aromatic carbocycles. The van der Waals surface area contributed by atoms with Gasteiger partial charge in [-0.2, -0.15) is 0 Å². The van der Waals surface area contributed by atoms with Crippen LogP contribution in [0.4, 0.5) is 0 Å². The molecule has 0 saturated carbocycles. The fourth-order valence-corrected chi connectivity index (χ4v) is 2.06. The van der Waals surface area contributed by atoms with E-state index in [2.05, 4.69) is 16.9 Å². The highest BCUT2D eigenvalue weighted by Crippen LogP contribution is 2.19. The van der Waals surface area contributed by atoms with E-state index in [9.17, 15) is 14.7 Å². The number of nitrogens with zero attached hydrogens (tertiary/aromatic N) is 2. The highest BCUT2D eigenvalue weighted by molar-refractivity contribution is 6.05. The Morgan fingerprint density at radius 3 is 2.32 bits per heavy atom. The number of aromatic carboxylic acids is 1. The summed E-state index contributed by atoms with van der Waals surface area (Å²) in [5.74, 6) is -1.50. The fraction of sp³-hybridized carbons (Fsp3) is 0.294. The summed E-state index contributed by atoms with van der Waals surface area (Å²) >= 11 is 0. The second-order valence-electron chi connectivity index (χ2n) is 5.33. The fourth-order valence-electron chi connectivity index (χ4n) is 2.06. The molecular formula is C17H18N2O3. The quantitative estimate of drug-likeness (QED) is 0.857. The predicted molar refractivity (Wildman–Crippen MR) is 83.0 cm³/mol. The molecule has 0 atom stereocenters. The molecule has 0 fully saturated rings. The maximum absolute atomic E-state index is 12.1. The molecule has 0 aliphatic rings. The van der Waals surface area contributed by atoms with Gasteiger partial charge in [0.25, 0.3) is 0 Å². The number of carboxylic acid groups (broad SMARTS) is 1. The number of Topliss-reactive ketones (excluding diaryl/α,β-unsaturated/α-hetero) is 1. The van der Waals surface area contributed by atoms with Crippen molar-refractivity contribution in [2.45, 2.75) is 27.2 Å². The van der Waals surface area contributed by atoms with Crippen molar-refractivity contribution >= 4 is 11.8 Å². The lowest BCUT2D eigenvalue weighted by molar-refractivity contribution is 0.0684. The molecule has 0 amide bonds. The number of hydrogen-bond acceptors (Lipinski definition) is 4. The number of carbonyl (C=O) groups is 2. The van der Waals surface area contributed by atoms with Crippen molar-refractivity contribution in [2.24, 2.45) is 5.92 Å². The topological polar surface area (TPSA) is 80.2 Å². The summed E-state index contributed by atoms with van der Waals surface area (Å²) in [5.41, 5.74) is 1.71. The van der Waals surface area contributed by atoms with Gasteiger partial charge in [-0.05, 0) is 12.0 Å². The van der Waals surface area contributed by atoms with Crippen molar-refractivity contribution in [3.63, 3.8) is 0 Å². The minimum atomic E-state index is -1.22. The van der Waals surface area contributed by atoms with E-state index in [1.54, 1.807) is 13.8 Å². The van der Waals surface area contributed by atoms with E-state index in [4.69, 9.17) is 0 Å². The largest absolute Gasteiger partial charge is 0.476 e. The van der Waals surface area contributed by atoms with E-state index >= 15 is 0 Å². The first-order valence-electron chi connectivity index (χ1n) is 7.17. The molecule has 0 saturated heterocycles. The monoisotopic (exact) mass is 298 g/mol. The first-order valence-corrected chi connectivity index (χ1v) is 7.17. The maximum Gasteiger partial charge on any atom is 0.355 e. The van der Waals surface area contributed by atoms with E-state index in [1.165, 1.54) is 11.8 Å². The van der Waals surface area contributed by atoms with Gasteiger partial charge in [-0.15, -0.1) is 0 Å². The number of carboxylic acids is 1. The maximum atomic E-state index is 12.1. The molecule has 0 bridgehead atoms. The van der Waals surface area contributed by atoms with Gasteiger partial charge < -0.3 is 5.11 Å². The lowest BCUT2D eigenvalue weighted by atomic mass is 10.0. The molecule has 1 N–H and O–H groups in total. The zero-order valence-electron chi connectivity index (χ0n) is 12.8. The minimum absolute atomic E-state index is 0.0522. The average molecular weight is 298 g/mol. The average Bonchev–Trinajstić information content (AvgIpc) is 2.53. The molecule has 0 unspecified atom stereocenters. The van der Waals surface area contributed by atoms with Crippen molar-refractivity contribution in [3.05, 3.63) is 47.3 Å². The summed E-state index contributed by atoms with van der Waals surface area (Å²) in [4.78, 5) is 31.7. The van der Waals surface area contributed by atoms with Crippen LogP contribution in [-0.4, -0.2) is 26.8 Å². The van der Waals surface area contributed by atoms with Crippen molar-refractivity contribution < 1.29 is 14.7 Å². The molecule has 5 nitrogen and oxygen atoms in total. The molecule has 22 heavy (non-hydrogen) atoms. The first kappa shape index (κ1) is 15.8. The molecule has 1 heterocycles. The van der Waals surface area contributed by atoms with E-state index in [0.717, 1.165) is 12.0 Å². The zero-order chi connectivity index (χ0) is 16.3. The van der Waals surface area contributed by atoms with E-state index < -0.39 is 5.97 Å². The number of aromatic nitrogens is 2. The van der Waals surface area contributed by atoms with Crippen LogP contribution in [0.15, 0.2) is 30.5 Å². The van der Waals surface area contributed by atoms with Crippen molar-refractivity contribution in [1.29, 1.82) is 0 Å². The van der Waals surface area contributed by atoms with Crippen LogP contribution in [0.2, 0.25) is 0 Å². The van der Waals surface area contributed by atoms with Gasteiger partial charge in [-0.25, -0.2) is 14.8 Å². The predicted octanol–water partition coefficient (Wildman–Crippen LogP) is 3.24. The highest BCUT2D eigenvalue weighted by atomic mass is 16.4. The Morgan fingerprint density at radius 1 is 1.18 bits per heavy atom. The van der Waals surface area contributed by atoms with Gasteiger partial charge in [0.05, 0.1) is 5.56 Å². The Balaban J connectivity index is 2.48. The number of rotatable bonds is 5.